The molecule has 0 radical (unpaired) electrons. The van der Waals surface area contributed by atoms with Gasteiger partial charge in [-0.15, -0.1) is 11.3 Å². The number of benzene rings is 2. The number of H-pyrrole nitrogens is 1. The summed E-state index contributed by atoms with van der Waals surface area (Å²) in [7, 11) is -1.48. The number of carbonyl (C=O) groups excluding carboxylic acids is 1. The molecule has 0 unspecified atom stereocenters. The van der Waals surface area contributed by atoms with Crippen LogP contribution in [0.1, 0.15) is 0 Å². The SMILES string of the molecule is CNc1cc2[nH]c(=O)n(-c3ccc(N(C(=O)N=S(=O)=O)c4ccc(Cl)s4)cc3)c(=O)c2cc1F. The Balaban J connectivity index is 1.83. The lowest BCUT2D eigenvalue weighted by Crippen LogP contribution is -2.33. The van der Waals surface area contributed by atoms with Gasteiger partial charge in [-0.05, 0) is 48.5 Å². The molecule has 10 nitrogen and oxygen atoms in total. The number of aromatic nitrogens is 2. The topological polar surface area (TPSA) is 134 Å². The van der Waals surface area contributed by atoms with Crippen molar-refractivity contribution in [2.24, 2.45) is 4.36 Å². The van der Waals surface area contributed by atoms with Gasteiger partial charge < -0.3 is 10.3 Å². The van der Waals surface area contributed by atoms with Gasteiger partial charge in [0.2, 0.25) is 0 Å². The number of nitrogens with zero attached hydrogens (tertiary/aromatic N) is 3. The largest absolute Gasteiger partial charge is 0.386 e. The van der Waals surface area contributed by atoms with E-state index >= 15 is 0 Å². The lowest BCUT2D eigenvalue weighted by atomic mass is 10.2. The number of amides is 2. The molecule has 0 atom stereocenters. The minimum absolute atomic E-state index is 0.0399. The van der Waals surface area contributed by atoms with Gasteiger partial charge in [-0.25, -0.2) is 18.5 Å². The van der Waals surface area contributed by atoms with Crippen LogP contribution >= 0.6 is 22.9 Å². The molecule has 2 aromatic carbocycles. The van der Waals surface area contributed by atoms with Crippen LogP contribution in [0.4, 0.5) is 25.6 Å². The zero-order valence-corrected chi connectivity index (χ0v) is 19.5. The van der Waals surface area contributed by atoms with Gasteiger partial charge in [-0.3, -0.25) is 9.69 Å². The predicted octanol–water partition coefficient (Wildman–Crippen LogP) is 3.90. The smallest absolute Gasteiger partial charge is 0.368 e. The highest BCUT2D eigenvalue weighted by molar-refractivity contribution is 7.62. The summed E-state index contributed by atoms with van der Waals surface area (Å²) in [4.78, 5) is 41.6. The van der Waals surface area contributed by atoms with Crippen LogP contribution in [-0.2, 0) is 10.5 Å². The molecule has 0 aliphatic carbocycles. The van der Waals surface area contributed by atoms with Gasteiger partial charge in [-0.2, -0.15) is 8.42 Å². The summed E-state index contributed by atoms with van der Waals surface area (Å²) in [6.07, 6.45) is 0. The summed E-state index contributed by atoms with van der Waals surface area (Å²) in [5, 5.41) is 2.89. The molecule has 4 aromatic rings. The van der Waals surface area contributed by atoms with E-state index in [1.807, 2.05) is 0 Å². The number of urea groups is 1. The van der Waals surface area contributed by atoms with Gasteiger partial charge >= 0.3 is 22.2 Å². The van der Waals surface area contributed by atoms with Crippen molar-refractivity contribution >= 4 is 66.7 Å². The molecular formula is C20H13ClFN5O5S2. The van der Waals surface area contributed by atoms with Crippen molar-refractivity contribution in [2.45, 2.75) is 0 Å². The summed E-state index contributed by atoms with van der Waals surface area (Å²) in [6, 6.07) is 9.83. The van der Waals surface area contributed by atoms with Crippen molar-refractivity contribution in [1.82, 2.24) is 9.55 Å². The van der Waals surface area contributed by atoms with E-state index in [1.54, 1.807) is 0 Å². The molecule has 0 bridgehead atoms. The standard InChI is InChI=1S/C20H13ClFN5O5S2/c1-23-15-9-14-12(8-13(15)22)18(28)27(19(29)24-14)11-4-2-10(3-5-11)26(20(30)25-34(31)32)17-7-6-16(21)33-17/h2-9,23H,1H3,(H,24,29). The van der Waals surface area contributed by atoms with Crippen molar-refractivity contribution in [1.29, 1.82) is 0 Å². The maximum absolute atomic E-state index is 14.2. The van der Waals surface area contributed by atoms with Crippen LogP contribution in [-0.4, -0.2) is 31.0 Å². The van der Waals surface area contributed by atoms with Crippen molar-refractivity contribution in [3.05, 3.63) is 79.5 Å². The molecule has 2 amide bonds. The number of anilines is 3. The number of hydrogen-bond donors (Lipinski definition) is 2. The van der Waals surface area contributed by atoms with E-state index in [0.29, 0.717) is 9.34 Å². The van der Waals surface area contributed by atoms with Crippen LogP contribution in [0.3, 0.4) is 0 Å². The fourth-order valence-corrected chi connectivity index (χ4v) is 4.53. The number of carbonyl (C=O) groups is 1. The van der Waals surface area contributed by atoms with E-state index in [1.165, 1.54) is 49.5 Å². The third-order valence-corrected chi connectivity index (χ3v) is 6.27. The molecule has 2 aromatic heterocycles. The zero-order chi connectivity index (χ0) is 24.6. The second-order valence-corrected chi connectivity index (χ2v) is 9.03. The average Bonchev–Trinajstić information content (AvgIpc) is 3.20. The van der Waals surface area contributed by atoms with E-state index in [2.05, 4.69) is 14.7 Å². The maximum atomic E-state index is 14.2. The molecule has 14 heteroatoms. The summed E-state index contributed by atoms with van der Waals surface area (Å²) in [5.41, 5.74) is -0.886. The van der Waals surface area contributed by atoms with Crippen molar-refractivity contribution < 1.29 is 17.6 Å². The first-order valence-electron chi connectivity index (χ1n) is 9.37. The van der Waals surface area contributed by atoms with Crippen LogP contribution in [0, 0.1) is 5.82 Å². The first-order chi connectivity index (χ1) is 16.2. The molecule has 0 aliphatic rings. The maximum Gasteiger partial charge on any atom is 0.368 e. The fraction of sp³-hybridized carbons (Fsp3) is 0.0500. The predicted molar refractivity (Wildman–Crippen MR) is 128 cm³/mol. The normalized spacial score (nSPS) is 10.8. The highest BCUT2D eigenvalue weighted by Crippen LogP contribution is 2.35. The molecule has 0 spiro atoms. The molecule has 4 rings (SSSR count). The van der Waals surface area contributed by atoms with Crippen LogP contribution in [0.2, 0.25) is 4.34 Å². The van der Waals surface area contributed by atoms with E-state index < -0.39 is 33.6 Å². The molecule has 0 fully saturated rings. The van der Waals surface area contributed by atoms with E-state index in [-0.39, 0.29) is 28.0 Å². The van der Waals surface area contributed by atoms with Gasteiger partial charge in [0, 0.05) is 7.05 Å². The number of rotatable bonds is 4. The summed E-state index contributed by atoms with van der Waals surface area (Å²) < 4.78 is 40.2. The number of hydrogen-bond acceptors (Lipinski definition) is 7. The Morgan fingerprint density at radius 1 is 1.18 bits per heavy atom. The van der Waals surface area contributed by atoms with Crippen LogP contribution in [0.5, 0.6) is 0 Å². The van der Waals surface area contributed by atoms with E-state index in [0.717, 1.165) is 26.9 Å². The van der Waals surface area contributed by atoms with Gasteiger partial charge in [0.1, 0.15) is 10.8 Å². The quantitative estimate of drug-likeness (QED) is 0.418. The van der Waals surface area contributed by atoms with Crippen molar-refractivity contribution in [3.8, 4) is 5.69 Å². The van der Waals surface area contributed by atoms with Crippen LogP contribution < -0.4 is 21.5 Å². The van der Waals surface area contributed by atoms with Gasteiger partial charge in [0.15, 0.2) is 0 Å². The third-order valence-electron chi connectivity index (χ3n) is 4.74. The number of fused-ring (bicyclic) bond motifs is 1. The minimum atomic E-state index is -2.99. The molecule has 0 saturated heterocycles. The number of halogens is 2. The Morgan fingerprint density at radius 3 is 2.47 bits per heavy atom. The lowest BCUT2D eigenvalue weighted by Gasteiger charge is -2.18. The molecule has 0 saturated carbocycles. The second kappa shape index (κ2) is 9.21. The zero-order valence-electron chi connectivity index (χ0n) is 17.1. The van der Waals surface area contributed by atoms with Crippen molar-refractivity contribution in [2.75, 3.05) is 17.3 Å². The Hall–Kier alpha value is -3.81. The highest BCUT2D eigenvalue weighted by Gasteiger charge is 2.21. The lowest BCUT2D eigenvalue weighted by molar-refractivity contribution is 0.256. The monoisotopic (exact) mass is 521 g/mol. The first kappa shape index (κ1) is 23.4. The van der Waals surface area contributed by atoms with E-state index in [9.17, 15) is 27.2 Å². The highest BCUT2D eigenvalue weighted by atomic mass is 35.5. The van der Waals surface area contributed by atoms with Crippen LogP contribution in [0.15, 0.2) is 62.5 Å². The minimum Gasteiger partial charge on any atom is -0.386 e. The Labute approximate surface area is 200 Å². The average molecular weight is 522 g/mol. The molecule has 34 heavy (non-hydrogen) atoms. The van der Waals surface area contributed by atoms with Gasteiger partial charge in [0.05, 0.1) is 32.3 Å². The molecule has 0 aliphatic heterocycles. The second-order valence-electron chi connectivity index (χ2n) is 6.72. The van der Waals surface area contributed by atoms with Crippen molar-refractivity contribution in [3.63, 3.8) is 0 Å². The Kier molecular flexibility index (Phi) is 6.32. The summed E-state index contributed by atoms with van der Waals surface area (Å²) in [6.45, 7) is 0. The van der Waals surface area contributed by atoms with Gasteiger partial charge in [0.25, 0.3) is 5.56 Å². The Bertz CT molecular complexity index is 1690. The Morgan fingerprint density at radius 2 is 1.88 bits per heavy atom. The molecule has 2 heterocycles. The molecule has 174 valence electrons. The fourth-order valence-electron chi connectivity index (χ4n) is 3.28. The first-order valence-corrected chi connectivity index (χ1v) is 11.6. The number of thiophene rings is 1. The number of aromatic amines is 1. The van der Waals surface area contributed by atoms with Crippen LogP contribution in [0.25, 0.3) is 16.6 Å². The summed E-state index contributed by atoms with van der Waals surface area (Å²) in [5.74, 6) is -0.663. The third kappa shape index (κ3) is 4.35. The van der Waals surface area contributed by atoms with Gasteiger partial charge in [-0.1, -0.05) is 16.0 Å². The molecule has 2 N–H and O–H groups in total. The van der Waals surface area contributed by atoms with E-state index in [4.69, 9.17) is 11.6 Å². The number of nitrogens with one attached hydrogen (secondary N) is 2. The summed E-state index contributed by atoms with van der Waals surface area (Å²) >= 11 is 6.96. The molecular weight excluding hydrogens is 509 g/mol.